The predicted octanol–water partition coefficient (Wildman–Crippen LogP) is 1.80. The Kier molecular flexibility index (Phi) is 4.55. The van der Waals surface area contributed by atoms with Crippen molar-refractivity contribution >= 4 is 42.4 Å². The number of rotatable bonds is 6. The Labute approximate surface area is 122 Å². The van der Waals surface area contributed by atoms with Crippen LogP contribution in [0.4, 0.5) is 5.13 Å². The summed E-state index contributed by atoms with van der Waals surface area (Å²) in [7, 11) is -3.73. The van der Waals surface area contributed by atoms with Gasteiger partial charge in [0.05, 0.1) is 6.54 Å². The van der Waals surface area contributed by atoms with Crippen LogP contribution in [-0.4, -0.2) is 25.2 Å². The molecule has 0 unspecified atom stereocenters. The van der Waals surface area contributed by atoms with Gasteiger partial charge in [-0.25, -0.2) is 8.42 Å². The highest BCUT2D eigenvalue weighted by atomic mass is 79.9. The smallest absolute Gasteiger partial charge is 0.268 e. The number of nitrogens with zero attached hydrogens (tertiary/aromatic N) is 2. The fourth-order valence-electron chi connectivity index (χ4n) is 1.30. The molecule has 104 valence electrons. The quantitative estimate of drug-likeness (QED) is 0.808. The van der Waals surface area contributed by atoms with E-state index in [9.17, 15) is 8.42 Å². The zero-order chi connectivity index (χ0) is 13.9. The van der Waals surface area contributed by atoms with Crippen LogP contribution < -0.4 is 10.0 Å². The maximum Gasteiger partial charge on any atom is 0.268 e. The number of nitrogens with one attached hydrogen (secondary N) is 2. The van der Waals surface area contributed by atoms with Crippen molar-refractivity contribution in [2.24, 2.45) is 0 Å². The number of sulfonamides is 1. The van der Waals surface area contributed by atoms with Gasteiger partial charge in [-0.05, 0) is 22.5 Å². The van der Waals surface area contributed by atoms with Crippen LogP contribution in [0, 0.1) is 0 Å². The summed E-state index contributed by atoms with van der Waals surface area (Å²) in [6.07, 6.45) is 0. The molecule has 19 heavy (non-hydrogen) atoms. The van der Waals surface area contributed by atoms with E-state index < -0.39 is 10.0 Å². The molecule has 0 saturated heterocycles. The normalized spacial score (nSPS) is 11.7. The molecule has 0 aliphatic carbocycles. The van der Waals surface area contributed by atoms with E-state index in [-0.39, 0.29) is 14.7 Å². The molecule has 0 radical (unpaired) electrons. The molecule has 2 aromatic rings. The lowest BCUT2D eigenvalue weighted by molar-refractivity contribution is 0.464. The van der Waals surface area contributed by atoms with E-state index in [0.29, 0.717) is 12.3 Å². The minimum Gasteiger partial charge on any atom is -0.451 e. The average molecular weight is 367 g/mol. The van der Waals surface area contributed by atoms with E-state index in [1.54, 1.807) is 0 Å². The Hall–Kier alpha value is -0.970. The van der Waals surface area contributed by atoms with Crippen LogP contribution in [0.2, 0.25) is 0 Å². The number of hydrogen-bond donors (Lipinski definition) is 2. The molecule has 0 aliphatic rings. The van der Waals surface area contributed by atoms with Crippen molar-refractivity contribution in [2.75, 3.05) is 11.3 Å². The third kappa shape index (κ3) is 3.53. The van der Waals surface area contributed by atoms with Gasteiger partial charge >= 0.3 is 0 Å². The SMILES string of the molecule is CCNCc1cc(S(=O)(=O)Nc2nncs2)c(Br)o1. The number of hydrogen-bond acceptors (Lipinski definition) is 7. The minimum absolute atomic E-state index is 0.0376. The summed E-state index contributed by atoms with van der Waals surface area (Å²) < 4.78 is 32.1. The van der Waals surface area contributed by atoms with Gasteiger partial charge < -0.3 is 9.73 Å². The monoisotopic (exact) mass is 366 g/mol. The highest BCUT2D eigenvalue weighted by molar-refractivity contribution is 9.10. The molecule has 0 atom stereocenters. The predicted molar refractivity (Wildman–Crippen MR) is 74.5 cm³/mol. The second-order valence-electron chi connectivity index (χ2n) is 3.48. The van der Waals surface area contributed by atoms with Gasteiger partial charge in [-0.1, -0.05) is 18.3 Å². The molecule has 0 fully saturated rings. The van der Waals surface area contributed by atoms with E-state index in [4.69, 9.17) is 4.42 Å². The molecule has 2 rings (SSSR count). The van der Waals surface area contributed by atoms with E-state index >= 15 is 0 Å². The first-order valence-electron chi connectivity index (χ1n) is 5.31. The van der Waals surface area contributed by atoms with Gasteiger partial charge in [0.25, 0.3) is 10.0 Å². The van der Waals surface area contributed by atoms with Crippen LogP contribution in [0.3, 0.4) is 0 Å². The van der Waals surface area contributed by atoms with Crippen LogP contribution in [0.5, 0.6) is 0 Å². The molecular weight excluding hydrogens is 356 g/mol. The Bertz CT molecular complexity index is 638. The Morgan fingerprint density at radius 1 is 1.53 bits per heavy atom. The maximum absolute atomic E-state index is 12.1. The van der Waals surface area contributed by atoms with Gasteiger partial charge in [-0.3, -0.25) is 4.72 Å². The van der Waals surface area contributed by atoms with Crippen LogP contribution >= 0.6 is 27.3 Å². The summed E-state index contributed by atoms with van der Waals surface area (Å²) in [5.74, 6) is 0.534. The second-order valence-corrected chi connectivity index (χ2v) is 6.68. The van der Waals surface area contributed by atoms with Gasteiger partial charge in [0.2, 0.25) is 5.13 Å². The molecule has 0 saturated carbocycles. The van der Waals surface area contributed by atoms with Crippen molar-refractivity contribution in [2.45, 2.75) is 18.4 Å². The Morgan fingerprint density at radius 3 is 2.95 bits per heavy atom. The molecular formula is C9H11BrN4O3S2. The lowest BCUT2D eigenvalue weighted by atomic mass is 10.4. The lowest BCUT2D eigenvalue weighted by Gasteiger charge is -2.01. The van der Waals surface area contributed by atoms with Gasteiger partial charge in [-0.2, -0.15) is 0 Å². The van der Waals surface area contributed by atoms with Crippen molar-refractivity contribution < 1.29 is 12.8 Å². The molecule has 0 aliphatic heterocycles. The third-order valence-electron chi connectivity index (χ3n) is 2.13. The number of anilines is 1. The summed E-state index contributed by atoms with van der Waals surface area (Å²) in [6.45, 7) is 3.18. The minimum atomic E-state index is -3.73. The van der Waals surface area contributed by atoms with E-state index in [1.165, 1.54) is 11.6 Å². The van der Waals surface area contributed by atoms with Crippen LogP contribution in [0.15, 0.2) is 25.6 Å². The first-order chi connectivity index (χ1) is 9.03. The number of aromatic nitrogens is 2. The molecule has 0 aromatic carbocycles. The molecule has 2 aromatic heterocycles. The molecule has 2 N–H and O–H groups in total. The summed E-state index contributed by atoms with van der Waals surface area (Å²) in [5, 5.41) is 10.5. The van der Waals surface area contributed by atoms with E-state index in [0.717, 1.165) is 17.9 Å². The van der Waals surface area contributed by atoms with Crippen molar-refractivity contribution in [1.82, 2.24) is 15.5 Å². The molecule has 2 heterocycles. The van der Waals surface area contributed by atoms with Crippen molar-refractivity contribution in [3.63, 3.8) is 0 Å². The molecule has 7 nitrogen and oxygen atoms in total. The lowest BCUT2D eigenvalue weighted by Crippen LogP contribution is -2.13. The zero-order valence-electron chi connectivity index (χ0n) is 9.88. The first kappa shape index (κ1) is 14.4. The average Bonchev–Trinajstić information content (AvgIpc) is 2.95. The van der Waals surface area contributed by atoms with Gasteiger partial charge in [0.1, 0.15) is 16.2 Å². The summed E-state index contributed by atoms with van der Waals surface area (Å²) in [6, 6.07) is 1.47. The van der Waals surface area contributed by atoms with Crippen molar-refractivity contribution in [3.05, 3.63) is 22.0 Å². The summed E-state index contributed by atoms with van der Waals surface area (Å²) in [5.41, 5.74) is 1.44. The van der Waals surface area contributed by atoms with Crippen molar-refractivity contribution in [3.8, 4) is 0 Å². The fraction of sp³-hybridized carbons (Fsp3) is 0.333. The molecule has 0 spiro atoms. The molecule has 10 heteroatoms. The summed E-state index contributed by atoms with van der Waals surface area (Å²) >= 11 is 4.20. The maximum atomic E-state index is 12.1. The molecule has 0 bridgehead atoms. The second kappa shape index (κ2) is 5.99. The van der Waals surface area contributed by atoms with Gasteiger partial charge in [0.15, 0.2) is 4.67 Å². The fourth-order valence-corrected chi connectivity index (χ4v) is 4.00. The Balaban J connectivity index is 2.22. The van der Waals surface area contributed by atoms with Gasteiger partial charge in [0, 0.05) is 6.07 Å². The topological polar surface area (TPSA) is 97.1 Å². The Morgan fingerprint density at radius 2 is 2.32 bits per heavy atom. The highest BCUT2D eigenvalue weighted by Gasteiger charge is 2.23. The van der Waals surface area contributed by atoms with Gasteiger partial charge in [-0.15, -0.1) is 10.2 Å². The largest absolute Gasteiger partial charge is 0.451 e. The summed E-state index contributed by atoms with van der Waals surface area (Å²) in [4.78, 5) is 0.0376. The van der Waals surface area contributed by atoms with E-state index in [2.05, 4.69) is 36.2 Å². The number of furan rings is 1. The molecule has 0 amide bonds. The van der Waals surface area contributed by atoms with Crippen molar-refractivity contribution in [1.29, 1.82) is 0 Å². The zero-order valence-corrected chi connectivity index (χ0v) is 13.1. The number of halogens is 1. The first-order valence-corrected chi connectivity index (χ1v) is 8.46. The van der Waals surface area contributed by atoms with Crippen LogP contribution in [0.25, 0.3) is 0 Å². The third-order valence-corrected chi connectivity index (χ3v) is 5.06. The van der Waals surface area contributed by atoms with Crippen LogP contribution in [0.1, 0.15) is 12.7 Å². The highest BCUT2D eigenvalue weighted by Crippen LogP contribution is 2.28. The van der Waals surface area contributed by atoms with E-state index in [1.807, 2.05) is 6.92 Å². The van der Waals surface area contributed by atoms with Crippen LogP contribution in [-0.2, 0) is 16.6 Å². The standard InChI is InChI=1S/C9H11BrN4O3S2/c1-2-11-4-6-3-7(8(10)17-6)19(15,16)14-9-13-12-5-18-9/h3,5,11H,2,4H2,1H3,(H,13,14).